The van der Waals surface area contributed by atoms with E-state index >= 15 is 0 Å². The summed E-state index contributed by atoms with van der Waals surface area (Å²) in [4.78, 5) is 39.2. The molecule has 4 heterocycles. The average molecular weight is 497 g/mol. The molecule has 1 aliphatic heterocycles. The molecule has 14 heteroatoms. The van der Waals surface area contributed by atoms with Crippen molar-refractivity contribution in [3.63, 3.8) is 0 Å². The Morgan fingerprint density at radius 3 is 2.52 bits per heavy atom. The van der Waals surface area contributed by atoms with Gasteiger partial charge >= 0.3 is 17.9 Å². The number of rotatable bonds is 5. The predicted octanol–water partition coefficient (Wildman–Crippen LogP) is 0.560. The standard InChI is InChI=1S/C17H17BrN6O7/c1-7(25)28-5-11-14(29-8(2)26)15(30-9(3)27)17(31-11)23-6-19-12-13-10(18)4-20-24(13)22-21-16(12)23/h4,6,11,14-15,17H,5H2,1-3H3/t11-,14-,15-,17-/m1/s1. The molecular weight excluding hydrogens is 480 g/mol. The van der Waals surface area contributed by atoms with Crippen LogP contribution in [-0.4, -0.2) is 72.4 Å². The number of carbonyl (C=O) groups is 3. The van der Waals surface area contributed by atoms with E-state index in [0.717, 1.165) is 0 Å². The van der Waals surface area contributed by atoms with Gasteiger partial charge in [-0.05, 0) is 21.1 Å². The first kappa shape index (κ1) is 21.1. The third-order valence-corrected chi connectivity index (χ3v) is 5.12. The molecule has 3 aromatic rings. The molecule has 0 radical (unpaired) electrons. The molecule has 0 N–H and O–H groups in total. The van der Waals surface area contributed by atoms with Crippen LogP contribution in [0.1, 0.15) is 27.0 Å². The molecule has 0 aromatic carbocycles. The molecule has 31 heavy (non-hydrogen) atoms. The fourth-order valence-electron chi connectivity index (χ4n) is 3.40. The van der Waals surface area contributed by atoms with Gasteiger partial charge in [-0.1, -0.05) is 0 Å². The third-order valence-electron chi connectivity index (χ3n) is 4.54. The lowest BCUT2D eigenvalue weighted by molar-refractivity contribution is -0.166. The molecular formula is C17H17BrN6O7. The molecule has 4 rings (SSSR count). The molecule has 13 nitrogen and oxygen atoms in total. The van der Waals surface area contributed by atoms with Crippen LogP contribution in [0.3, 0.4) is 0 Å². The van der Waals surface area contributed by atoms with E-state index in [4.69, 9.17) is 18.9 Å². The molecule has 1 fully saturated rings. The number of imidazole rings is 1. The van der Waals surface area contributed by atoms with Crippen molar-refractivity contribution in [1.29, 1.82) is 0 Å². The molecule has 1 aliphatic rings. The summed E-state index contributed by atoms with van der Waals surface area (Å²) in [5.74, 6) is -1.76. The summed E-state index contributed by atoms with van der Waals surface area (Å²) < 4.78 is 25.3. The van der Waals surface area contributed by atoms with E-state index in [1.165, 1.54) is 36.3 Å². The highest BCUT2D eigenvalue weighted by Crippen LogP contribution is 2.36. The average Bonchev–Trinajstić information content (AvgIpc) is 3.36. The van der Waals surface area contributed by atoms with Crippen molar-refractivity contribution >= 4 is 50.5 Å². The van der Waals surface area contributed by atoms with Gasteiger partial charge in [0.05, 0.1) is 17.0 Å². The van der Waals surface area contributed by atoms with Crippen molar-refractivity contribution < 1.29 is 33.3 Å². The van der Waals surface area contributed by atoms with Gasteiger partial charge in [-0.25, -0.2) is 4.98 Å². The Hall–Kier alpha value is -3.13. The Balaban J connectivity index is 1.78. The highest BCUT2D eigenvalue weighted by atomic mass is 79.9. The van der Waals surface area contributed by atoms with Crippen LogP contribution in [0.15, 0.2) is 17.0 Å². The highest BCUT2D eigenvalue weighted by molar-refractivity contribution is 9.10. The van der Waals surface area contributed by atoms with Gasteiger partial charge in [-0.3, -0.25) is 19.0 Å². The first-order chi connectivity index (χ1) is 14.8. The van der Waals surface area contributed by atoms with Crippen LogP contribution in [0.25, 0.3) is 16.7 Å². The van der Waals surface area contributed by atoms with E-state index < -0.39 is 42.4 Å². The molecule has 0 amide bonds. The number of hydrogen-bond donors (Lipinski definition) is 0. The quantitative estimate of drug-likeness (QED) is 0.360. The Labute approximate surface area is 182 Å². The van der Waals surface area contributed by atoms with Crippen molar-refractivity contribution in [2.45, 2.75) is 45.3 Å². The smallest absolute Gasteiger partial charge is 0.303 e. The van der Waals surface area contributed by atoms with Crippen molar-refractivity contribution in [3.8, 4) is 0 Å². The summed E-state index contributed by atoms with van der Waals surface area (Å²) >= 11 is 3.40. The van der Waals surface area contributed by atoms with Gasteiger partial charge in [-0.2, -0.15) is 5.10 Å². The largest absolute Gasteiger partial charge is 0.463 e. The highest BCUT2D eigenvalue weighted by Gasteiger charge is 2.51. The van der Waals surface area contributed by atoms with Crippen LogP contribution in [0.4, 0.5) is 0 Å². The van der Waals surface area contributed by atoms with Crippen LogP contribution in [-0.2, 0) is 33.3 Å². The number of ether oxygens (including phenoxy) is 4. The van der Waals surface area contributed by atoms with Gasteiger partial charge in [0.1, 0.15) is 23.7 Å². The number of nitrogens with zero attached hydrogens (tertiary/aromatic N) is 6. The second-order valence-electron chi connectivity index (χ2n) is 6.76. The van der Waals surface area contributed by atoms with Gasteiger partial charge in [0.2, 0.25) is 0 Å². The molecule has 0 bridgehead atoms. The van der Waals surface area contributed by atoms with E-state index in [9.17, 15) is 14.4 Å². The van der Waals surface area contributed by atoms with Gasteiger partial charge in [0.15, 0.2) is 24.1 Å². The van der Waals surface area contributed by atoms with Crippen LogP contribution in [0, 0.1) is 0 Å². The van der Waals surface area contributed by atoms with Crippen molar-refractivity contribution in [1.82, 2.24) is 29.6 Å². The van der Waals surface area contributed by atoms with E-state index in [1.54, 1.807) is 6.20 Å². The van der Waals surface area contributed by atoms with Crippen molar-refractivity contribution in [3.05, 3.63) is 17.0 Å². The van der Waals surface area contributed by atoms with Crippen LogP contribution in [0.5, 0.6) is 0 Å². The van der Waals surface area contributed by atoms with Crippen LogP contribution >= 0.6 is 15.9 Å². The maximum Gasteiger partial charge on any atom is 0.303 e. The number of hydrogen-bond acceptors (Lipinski definition) is 11. The minimum absolute atomic E-state index is 0.210. The maximum absolute atomic E-state index is 11.8. The Morgan fingerprint density at radius 2 is 1.84 bits per heavy atom. The molecule has 1 saturated heterocycles. The molecule has 0 spiro atoms. The SMILES string of the molecule is CC(=O)OC[C@H]1O[C@@H](n2cnc3c2nnn2ncc(Br)c32)[C@H](OC(C)=O)[C@@H]1OC(C)=O. The first-order valence-corrected chi connectivity index (χ1v) is 9.91. The fraction of sp³-hybridized carbons (Fsp3) is 0.471. The number of carbonyl (C=O) groups excluding carboxylic acids is 3. The Morgan fingerprint density at radius 1 is 1.13 bits per heavy atom. The summed E-state index contributed by atoms with van der Waals surface area (Å²) in [6.07, 6.45) is -0.941. The van der Waals surface area contributed by atoms with Crippen molar-refractivity contribution in [2.75, 3.05) is 6.61 Å². The second-order valence-corrected chi connectivity index (χ2v) is 7.61. The molecule has 0 unspecified atom stereocenters. The lowest BCUT2D eigenvalue weighted by Crippen LogP contribution is -2.40. The summed E-state index contributed by atoms with van der Waals surface area (Å²) in [6.45, 7) is 3.47. The third kappa shape index (κ3) is 3.95. The monoisotopic (exact) mass is 496 g/mol. The van der Waals surface area contributed by atoms with Gasteiger partial charge < -0.3 is 18.9 Å². The maximum atomic E-state index is 11.8. The van der Waals surface area contributed by atoms with E-state index in [0.29, 0.717) is 21.2 Å². The van der Waals surface area contributed by atoms with E-state index in [-0.39, 0.29) is 6.61 Å². The van der Waals surface area contributed by atoms with Crippen molar-refractivity contribution in [2.24, 2.45) is 0 Å². The topological polar surface area (TPSA) is 149 Å². The lowest BCUT2D eigenvalue weighted by Gasteiger charge is -2.23. The summed E-state index contributed by atoms with van der Waals surface area (Å²) in [6, 6.07) is 0. The zero-order chi connectivity index (χ0) is 22.3. The Kier molecular flexibility index (Phi) is 5.58. The zero-order valence-electron chi connectivity index (χ0n) is 16.6. The number of fused-ring (bicyclic) bond motifs is 3. The molecule has 164 valence electrons. The number of aromatic nitrogens is 6. The normalized spacial score (nSPS) is 23.2. The van der Waals surface area contributed by atoms with Crippen LogP contribution in [0.2, 0.25) is 0 Å². The molecule has 4 atom stereocenters. The fourth-order valence-corrected chi connectivity index (χ4v) is 3.84. The zero-order valence-corrected chi connectivity index (χ0v) is 18.2. The van der Waals surface area contributed by atoms with E-state index in [2.05, 4.69) is 36.3 Å². The van der Waals surface area contributed by atoms with Gasteiger partial charge in [-0.15, -0.1) is 9.73 Å². The van der Waals surface area contributed by atoms with E-state index in [1.807, 2.05) is 0 Å². The van der Waals surface area contributed by atoms with Gasteiger partial charge in [0.25, 0.3) is 0 Å². The molecule has 3 aromatic heterocycles. The summed E-state index contributed by atoms with van der Waals surface area (Å²) in [5.41, 5.74) is 1.38. The van der Waals surface area contributed by atoms with Crippen LogP contribution < -0.4 is 0 Å². The second kappa shape index (κ2) is 8.19. The molecule has 0 saturated carbocycles. The Bertz CT molecular complexity index is 1180. The number of esters is 3. The molecule has 0 aliphatic carbocycles. The summed E-state index contributed by atoms with van der Waals surface area (Å²) in [7, 11) is 0. The van der Waals surface area contributed by atoms with Gasteiger partial charge in [0, 0.05) is 20.8 Å². The minimum atomic E-state index is -1.05. The lowest BCUT2D eigenvalue weighted by atomic mass is 10.1. The predicted molar refractivity (Wildman–Crippen MR) is 103 cm³/mol. The summed E-state index contributed by atoms with van der Waals surface area (Å²) in [5, 5.41) is 12.2. The minimum Gasteiger partial charge on any atom is -0.463 e. The number of halogens is 1. The first-order valence-electron chi connectivity index (χ1n) is 9.12.